The number of ether oxygens (including phenoxy) is 1. The number of carbonyl (C=O) groups is 5. The summed E-state index contributed by atoms with van der Waals surface area (Å²) in [6.07, 6.45) is 0.956. The second-order valence-electron chi connectivity index (χ2n) is 10.7. The second-order valence-corrected chi connectivity index (χ2v) is 10.7. The highest BCUT2D eigenvalue weighted by Gasteiger charge is 2.68. The van der Waals surface area contributed by atoms with Gasteiger partial charge in [-0.2, -0.15) is 4.90 Å². The van der Waals surface area contributed by atoms with E-state index < -0.39 is 76.3 Å². The Morgan fingerprint density at radius 3 is 2.41 bits per heavy atom. The van der Waals surface area contributed by atoms with Gasteiger partial charge in [-0.1, -0.05) is 35.9 Å². The molecule has 6 atom stereocenters. The Balaban J connectivity index is 1.52. The van der Waals surface area contributed by atoms with Crippen molar-refractivity contribution in [3.8, 4) is 5.75 Å². The molecule has 0 unspecified atom stereocenters. The quantitative estimate of drug-likeness (QED) is 0.464. The van der Waals surface area contributed by atoms with E-state index in [9.17, 15) is 33.5 Å². The van der Waals surface area contributed by atoms with Gasteiger partial charge in [-0.3, -0.25) is 19.2 Å². The number of anilines is 1. The summed E-state index contributed by atoms with van der Waals surface area (Å²) in [4.78, 5) is 68.6. The molecule has 0 spiro atoms. The summed E-state index contributed by atoms with van der Waals surface area (Å²) >= 11 is 0. The largest absolute Gasteiger partial charge is 0.505 e. The average molecular weight is 533 g/mol. The topological polar surface area (TPSA) is 121 Å². The van der Waals surface area contributed by atoms with Crippen molar-refractivity contribution in [3.05, 3.63) is 71.6 Å². The summed E-state index contributed by atoms with van der Waals surface area (Å²) in [7, 11) is 1.08. The van der Waals surface area contributed by atoms with Crippen LogP contribution in [0.5, 0.6) is 5.75 Å². The third kappa shape index (κ3) is 3.26. The van der Waals surface area contributed by atoms with Gasteiger partial charge in [-0.25, -0.2) is 14.1 Å². The number of rotatable bonds is 2. The van der Waals surface area contributed by atoms with Crippen LogP contribution < -0.4 is 4.90 Å². The first-order valence-electron chi connectivity index (χ1n) is 12.7. The van der Waals surface area contributed by atoms with Crippen molar-refractivity contribution in [1.29, 1.82) is 0 Å². The number of benzene rings is 2. The molecule has 200 valence electrons. The van der Waals surface area contributed by atoms with Crippen LogP contribution in [0.1, 0.15) is 31.2 Å². The monoisotopic (exact) mass is 532 g/mol. The van der Waals surface area contributed by atoms with E-state index in [2.05, 4.69) is 4.74 Å². The van der Waals surface area contributed by atoms with E-state index in [1.165, 1.54) is 12.1 Å². The Bertz CT molecular complexity index is 1490. The van der Waals surface area contributed by atoms with Crippen molar-refractivity contribution in [2.45, 2.75) is 25.7 Å². The number of imide groups is 4. The first kappa shape index (κ1) is 25.0. The number of allylic oxidation sites excluding steroid dienone is 2. The lowest BCUT2D eigenvalue weighted by atomic mass is 9.51. The zero-order chi connectivity index (χ0) is 27.8. The number of hydrogen-bond donors (Lipinski definition) is 1. The molecular weight excluding hydrogens is 507 g/mol. The smallest absolute Gasteiger partial charge is 0.423 e. The van der Waals surface area contributed by atoms with E-state index in [0.717, 1.165) is 18.1 Å². The standard InChI is InChI=1S/C29H25FN2O7/c1-29-19(25(35)31(27(29)37)15-6-4-3-5-7-15)13-18-16(23(29)14-8-11-21(33)20(30)12-14)9-10-17-22(18)26(36)32(24(17)34)28(38)39-2/h3-9,11-12,17-19,22-23,33H,10,13H2,1-2H3/t17-,18+,19-,22-,23-,29+/m0/s1. The number of nitrogens with zero attached hydrogens (tertiary/aromatic N) is 2. The van der Waals surface area contributed by atoms with Crippen LogP contribution in [-0.2, 0) is 23.9 Å². The van der Waals surface area contributed by atoms with Gasteiger partial charge in [0.25, 0.3) is 0 Å². The maximum absolute atomic E-state index is 14.7. The SMILES string of the molecule is COC(=O)N1C(=O)[C@H]2[C@H](CC=C3[C@H]2C[C@H]2C(=O)N(c4ccccc4)C(=O)[C@@]2(C)[C@H]3c2ccc(O)c(F)c2)C1=O. The molecule has 2 aromatic rings. The maximum Gasteiger partial charge on any atom is 0.423 e. The van der Waals surface area contributed by atoms with E-state index in [0.29, 0.717) is 21.7 Å². The summed E-state index contributed by atoms with van der Waals surface area (Å²) in [5.74, 6) is -7.81. The molecular formula is C29H25FN2O7. The summed E-state index contributed by atoms with van der Waals surface area (Å²) in [6.45, 7) is 1.68. The first-order chi connectivity index (χ1) is 18.6. The van der Waals surface area contributed by atoms with Crippen molar-refractivity contribution < 1.29 is 38.2 Å². The number of aromatic hydroxyl groups is 1. The van der Waals surface area contributed by atoms with Gasteiger partial charge in [0, 0.05) is 5.92 Å². The molecule has 2 heterocycles. The van der Waals surface area contributed by atoms with Crippen molar-refractivity contribution >= 4 is 35.4 Å². The van der Waals surface area contributed by atoms with E-state index >= 15 is 0 Å². The predicted molar refractivity (Wildman–Crippen MR) is 133 cm³/mol. The van der Waals surface area contributed by atoms with Gasteiger partial charge in [0.15, 0.2) is 11.6 Å². The van der Waals surface area contributed by atoms with Crippen molar-refractivity contribution in [2.75, 3.05) is 12.0 Å². The number of hydrogen-bond acceptors (Lipinski definition) is 7. The minimum Gasteiger partial charge on any atom is -0.505 e. The lowest BCUT2D eigenvalue weighted by molar-refractivity contribution is -0.138. The van der Waals surface area contributed by atoms with Gasteiger partial charge in [0.1, 0.15) is 0 Å². The summed E-state index contributed by atoms with van der Waals surface area (Å²) in [5.41, 5.74) is 0.0746. The number of para-hydroxylation sites is 1. The molecule has 5 amide bonds. The molecule has 2 aliphatic carbocycles. The minimum absolute atomic E-state index is 0.0997. The zero-order valence-corrected chi connectivity index (χ0v) is 21.2. The molecule has 2 aromatic carbocycles. The molecule has 4 aliphatic rings. The Morgan fingerprint density at radius 2 is 1.74 bits per heavy atom. The number of phenols is 1. The van der Waals surface area contributed by atoms with Gasteiger partial charge in [-0.15, -0.1) is 0 Å². The van der Waals surface area contributed by atoms with Crippen LogP contribution in [0, 0.1) is 34.9 Å². The Morgan fingerprint density at radius 1 is 1.03 bits per heavy atom. The van der Waals surface area contributed by atoms with Crippen LogP contribution >= 0.6 is 0 Å². The number of fused-ring (bicyclic) bond motifs is 4. The molecule has 1 N–H and O–H groups in total. The maximum atomic E-state index is 14.7. The molecule has 1 saturated carbocycles. The number of carbonyl (C=O) groups excluding carboxylic acids is 5. The van der Waals surface area contributed by atoms with E-state index in [-0.39, 0.29) is 12.8 Å². The van der Waals surface area contributed by atoms with Crippen LogP contribution in [-0.4, -0.2) is 46.8 Å². The molecule has 2 saturated heterocycles. The molecule has 39 heavy (non-hydrogen) atoms. The molecule has 2 aliphatic heterocycles. The van der Waals surface area contributed by atoms with E-state index in [4.69, 9.17) is 0 Å². The lowest BCUT2D eigenvalue weighted by Gasteiger charge is -2.49. The van der Waals surface area contributed by atoms with E-state index in [1.54, 1.807) is 43.3 Å². The molecule has 9 nitrogen and oxygen atoms in total. The molecule has 10 heteroatoms. The minimum atomic E-state index is -1.33. The number of likely N-dealkylation sites (tertiary alicyclic amines) is 1. The van der Waals surface area contributed by atoms with Crippen LogP contribution in [0.3, 0.4) is 0 Å². The van der Waals surface area contributed by atoms with Crippen LogP contribution in [0.4, 0.5) is 14.9 Å². The van der Waals surface area contributed by atoms with Crippen molar-refractivity contribution in [3.63, 3.8) is 0 Å². The van der Waals surface area contributed by atoms with Crippen LogP contribution in [0.15, 0.2) is 60.2 Å². The van der Waals surface area contributed by atoms with Crippen molar-refractivity contribution in [1.82, 2.24) is 4.90 Å². The highest BCUT2D eigenvalue weighted by molar-refractivity contribution is 6.24. The van der Waals surface area contributed by atoms with Gasteiger partial charge in [-0.05, 0) is 55.5 Å². The highest BCUT2D eigenvalue weighted by atomic mass is 19.1. The summed E-state index contributed by atoms with van der Waals surface area (Å²) < 4.78 is 19.3. The molecule has 3 fully saturated rings. The summed E-state index contributed by atoms with van der Waals surface area (Å²) in [5, 5.41) is 9.85. The van der Waals surface area contributed by atoms with Crippen LogP contribution in [0.25, 0.3) is 0 Å². The average Bonchev–Trinajstić information content (AvgIpc) is 3.30. The molecule has 6 rings (SSSR count). The highest BCUT2D eigenvalue weighted by Crippen LogP contribution is 2.63. The van der Waals surface area contributed by atoms with E-state index in [1.807, 2.05) is 0 Å². The van der Waals surface area contributed by atoms with Crippen molar-refractivity contribution in [2.24, 2.45) is 29.1 Å². The number of phenolic OH excluding ortho intramolecular Hbond substituents is 1. The second kappa shape index (κ2) is 8.59. The Labute approximate surface area is 222 Å². The normalized spacial score (nSPS) is 31.6. The third-order valence-electron chi connectivity index (χ3n) is 8.95. The molecule has 0 bridgehead atoms. The van der Waals surface area contributed by atoms with Gasteiger partial charge in [0.05, 0.1) is 36.0 Å². The van der Waals surface area contributed by atoms with Crippen LogP contribution in [0.2, 0.25) is 0 Å². The number of amides is 5. The Hall–Kier alpha value is -4.34. The molecule has 0 aromatic heterocycles. The molecule has 0 radical (unpaired) electrons. The third-order valence-corrected chi connectivity index (χ3v) is 8.95. The van der Waals surface area contributed by atoms with Gasteiger partial charge >= 0.3 is 6.09 Å². The summed E-state index contributed by atoms with van der Waals surface area (Å²) in [6, 6.07) is 12.3. The van der Waals surface area contributed by atoms with Gasteiger partial charge < -0.3 is 9.84 Å². The Kier molecular flexibility index (Phi) is 5.50. The number of halogens is 1. The zero-order valence-electron chi connectivity index (χ0n) is 21.2. The first-order valence-corrected chi connectivity index (χ1v) is 12.7. The fourth-order valence-electron chi connectivity index (χ4n) is 7.19. The fraction of sp³-hybridized carbons (Fsp3) is 0.345. The number of methoxy groups -OCH3 is 1. The van der Waals surface area contributed by atoms with Gasteiger partial charge in [0.2, 0.25) is 23.6 Å². The fourth-order valence-corrected chi connectivity index (χ4v) is 7.19. The predicted octanol–water partition coefficient (Wildman–Crippen LogP) is 3.53. The lowest BCUT2D eigenvalue weighted by Crippen LogP contribution is -2.49.